The Morgan fingerprint density at radius 2 is 2.04 bits per heavy atom. The molecule has 0 bridgehead atoms. The Morgan fingerprint density at radius 3 is 2.79 bits per heavy atom. The Morgan fingerprint density at radius 1 is 1.25 bits per heavy atom. The van der Waals surface area contributed by atoms with E-state index in [1.807, 2.05) is 6.07 Å². The minimum atomic E-state index is -0.360. The molecule has 3 aliphatic carbocycles. The molecule has 4 atom stereocenters. The van der Waals surface area contributed by atoms with Gasteiger partial charge in [0.15, 0.2) is 0 Å². The maximum Gasteiger partial charge on any atom is 0.308 e. The van der Waals surface area contributed by atoms with E-state index in [2.05, 4.69) is 6.92 Å². The van der Waals surface area contributed by atoms with Gasteiger partial charge in [0.2, 0.25) is 0 Å². The Bertz CT molecular complexity index is 723. The summed E-state index contributed by atoms with van der Waals surface area (Å²) in [5, 5.41) is 9.97. The maximum atomic E-state index is 12.4. The van der Waals surface area contributed by atoms with Crippen molar-refractivity contribution in [3.05, 3.63) is 23.3 Å². The number of esters is 1. The molecule has 0 unspecified atom stereocenters. The van der Waals surface area contributed by atoms with Crippen molar-refractivity contribution >= 4 is 11.8 Å². The molecular weight excluding hydrogens is 304 g/mol. The van der Waals surface area contributed by atoms with Crippen LogP contribution >= 0.6 is 0 Å². The normalized spacial score (nSPS) is 34.2. The number of phenolic OH excluding ortho intramolecular Hbond substituents is 1. The number of Topliss-reactive ketones (excluding diaryl/α,β-unsaturated/α-hetero) is 1. The first kappa shape index (κ1) is 15.7. The fraction of sp³-hybridized carbons (Fsp3) is 0.600. The van der Waals surface area contributed by atoms with Crippen molar-refractivity contribution in [1.29, 1.82) is 0 Å². The zero-order valence-electron chi connectivity index (χ0n) is 14.3. The van der Waals surface area contributed by atoms with E-state index in [1.54, 1.807) is 6.07 Å². The highest BCUT2D eigenvalue weighted by Gasteiger charge is 2.55. The van der Waals surface area contributed by atoms with Gasteiger partial charge >= 0.3 is 5.97 Å². The maximum absolute atomic E-state index is 12.4. The number of ketones is 1. The largest absolute Gasteiger partial charge is 0.508 e. The van der Waals surface area contributed by atoms with E-state index in [-0.39, 0.29) is 17.1 Å². The van der Waals surface area contributed by atoms with Crippen molar-refractivity contribution in [2.45, 2.75) is 58.3 Å². The second-order valence-electron chi connectivity index (χ2n) is 7.94. The van der Waals surface area contributed by atoms with E-state index in [1.165, 1.54) is 6.92 Å². The van der Waals surface area contributed by atoms with E-state index >= 15 is 0 Å². The number of carbonyl (C=O) groups is 2. The number of carbonyl (C=O) groups excluding carboxylic acids is 2. The van der Waals surface area contributed by atoms with Crippen LogP contribution in [0.1, 0.15) is 63.0 Å². The predicted molar refractivity (Wildman–Crippen MR) is 89.0 cm³/mol. The molecule has 0 spiro atoms. The lowest BCUT2D eigenvalue weighted by molar-refractivity contribution is -0.132. The first-order valence-corrected chi connectivity index (χ1v) is 8.97. The molecule has 0 saturated heterocycles. The minimum absolute atomic E-state index is 0.153. The van der Waals surface area contributed by atoms with Gasteiger partial charge < -0.3 is 9.84 Å². The molecule has 1 aromatic rings. The van der Waals surface area contributed by atoms with Gasteiger partial charge in [-0.15, -0.1) is 0 Å². The summed E-state index contributed by atoms with van der Waals surface area (Å²) < 4.78 is 5.43. The van der Waals surface area contributed by atoms with Crippen LogP contribution in [-0.2, 0) is 16.0 Å². The van der Waals surface area contributed by atoms with E-state index in [4.69, 9.17) is 4.74 Å². The van der Waals surface area contributed by atoms with Crippen molar-refractivity contribution in [2.75, 3.05) is 0 Å². The monoisotopic (exact) mass is 328 g/mol. The number of hydrogen-bond acceptors (Lipinski definition) is 4. The number of phenols is 1. The Kier molecular flexibility index (Phi) is 3.48. The number of aromatic hydroxyl groups is 1. The van der Waals surface area contributed by atoms with Crippen molar-refractivity contribution in [3.8, 4) is 11.5 Å². The summed E-state index contributed by atoms with van der Waals surface area (Å²) in [6.07, 6.45) is 5.50. The molecular formula is C20H24O4. The fourth-order valence-electron chi connectivity index (χ4n) is 5.68. The second kappa shape index (κ2) is 5.33. The van der Waals surface area contributed by atoms with Gasteiger partial charge in [0, 0.05) is 30.4 Å². The molecule has 0 radical (unpaired) electrons. The van der Waals surface area contributed by atoms with E-state index in [0.29, 0.717) is 35.7 Å². The van der Waals surface area contributed by atoms with Gasteiger partial charge in [0.1, 0.15) is 17.3 Å². The number of benzene rings is 1. The molecule has 0 heterocycles. The number of aryl methyl sites for hydroxylation is 1. The Balaban J connectivity index is 1.77. The molecule has 4 rings (SSSR count). The zero-order chi connectivity index (χ0) is 17.1. The zero-order valence-corrected chi connectivity index (χ0v) is 14.3. The average Bonchev–Trinajstić information content (AvgIpc) is 2.81. The quantitative estimate of drug-likeness (QED) is 0.630. The summed E-state index contributed by atoms with van der Waals surface area (Å²) in [6.45, 7) is 3.55. The molecule has 1 aromatic carbocycles. The summed E-state index contributed by atoms with van der Waals surface area (Å²) in [5.74, 6) is 1.98. The summed E-state index contributed by atoms with van der Waals surface area (Å²) >= 11 is 0. The smallest absolute Gasteiger partial charge is 0.308 e. The van der Waals surface area contributed by atoms with Crippen molar-refractivity contribution in [2.24, 2.45) is 17.3 Å². The van der Waals surface area contributed by atoms with Gasteiger partial charge in [0.25, 0.3) is 0 Å². The predicted octanol–water partition coefficient (Wildman–Crippen LogP) is 3.74. The Hall–Kier alpha value is -1.84. The highest BCUT2D eigenvalue weighted by molar-refractivity contribution is 5.87. The standard InChI is InChI=1S/C20H24O4/c1-11(21)24-17-10-13(22)9-12-3-4-14-15(19(12)17)7-8-20(2)16(14)5-6-18(20)23/h9-10,14-16,22H,3-8H2,1-2H3/t14-,15+,16+,20+/m1/s1. The van der Waals surface area contributed by atoms with Crippen LogP contribution in [0.5, 0.6) is 11.5 Å². The van der Waals surface area contributed by atoms with Gasteiger partial charge in [-0.2, -0.15) is 0 Å². The lowest BCUT2D eigenvalue weighted by Gasteiger charge is -2.48. The van der Waals surface area contributed by atoms with Crippen LogP contribution in [0, 0.1) is 17.3 Å². The molecule has 24 heavy (non-hydrogen) atoms. The summed E-state index contributed by atoms with van der Waals surface area (Å²) in [5.41, 5.74) is 2.04. The first-order valence-electron chi connectivity index (χ1n) is 8.97. The molecule has 2 fully saturated rings. The van der Waals surface area contributed by atoms with Gasteiger partial charge in [-0.25, -0.2) is 0 Å². The SMILES string of the molecule is CC(=O)Oc1cc(O)cc2c1[C@H]1CC[C@]3(C)C(=O)CC[C@H]3[C@@H]1CC2. The number of ether oxygens (including phenoxy) is 1. The van der Waals surface area contributed by atoms with Crippen molar-refractivity contribution in [3.63, 3.8) is 0 Å². The topological polar surface area (TPSA) is 63.6 Å². The summed E-state index contributed by atoms with van der Waals surface area (Å²) in [6, 6.07) is 3.38. The molecule has 2 saturated carbocycles. The summed E-state index contributed by atoms with van der Waals surface area (Å²) in [7, 11) is 0. The fourth-order valence-corrected chi connectivity index (χ4v) is 5.68. The van der Waals surface area contributed by atoms with Gasteiger partial charge in [-0.05, 0) is 61.5 Å². The third kappa shape index (κ3) is 2.19. The number of hydrogen-bond donors (Lipinski definition) is 1. The molecule has 3 aliphatic rings. The Labute approximate surface area is 142 Å². The van der Waals surface area contributed by atoms with Gasteiger partial charge in [-0.1, -0.05) is 6.92 Å². The van der Waals surface area contributed by atoms with Crippen LogP contribution in [0.2, 0.25) is 0 Å². The summed E-state index contributed by atoms with van der Waals surface area (Å²) in [4.78, 5) is 23.9. The highest BCUT2D eigenvalue weighted by atomic mass is 16.5. The number of fused-ring (bicyclic) bond motifs is 5. The van der Waals surface area contributed by atoms with E-state index < -0.39 is 0 Å². The second-order valence-corrected chi connectivity index (χ2v) is 7.94. The van der Waals surface area contributed by atoms with Crippen LogP contribution < -0.4 is 4.74 Å². The lowest BCUT2D eigenvalue weighted by Crippen LogP contribution is -2.42. The van der Waals surface area contributed by atoms with E-state index in [0.717, 1.165) is 43.2 Å². The molecule has 0 aromatic heterocycles. The minimum Gasteiger partial charge on any atom is -0.508 e. The molecule has 0 aliphatic heterocycles. The van der Waals surface area contributed by atoms with Crippen LogP contribution in [0.15, 0.2) is 12.1 Å². The molecule has 4 heteroatoms. The third-order valence-electron chi connectivity index (χ3n) is 6.73. The third-order valence-corrected chi connectivity index (χ3v) is 6.73. The molecule has 0 amide bonds. The van der Waals surface area contributed by atoms with Gasteiger partial charge in [0.05, 0.1) is 0 Å². The average molecular weight is 328 g/mol. The van der Waals surface area contributed by atoms with E-state index in [9.17, 15) is 14.7 Å². The molecule has 128 valence electrons. The van der Waals surface area contributed by atoms with Crippen LogP contribution in [0.25, 0.3) is 0 Å². The van der Waals surface area contributed by atoms with Gasteiger partial charge in [-0.3, -0.25) is 9.59 Å². The first-order chi connectivity index (χ1) is 11.4. The highest BCUT2D eigenvalue weighted by Crippen LogP contribution is 2.60. The molecule has 1 N–H and O–H groups in total. The van der Waals surface area contributed by atoms with Crippen LogP contribution in [-0.4, -0.2) is 16.9 Å². The van der Waals surface area contributed by atoms with Crippen molar-refractivity contribution < 1.29 is 19.4 Å². The number of rotatable bonds is 1. The van der Waals surface area contributed by atoms with Crippen molar-refractivity contribution in [1.82, 2.24) is 0 Å². The lowest BCUT2D eigenvalue weighted by atomic mass is 9.55. The van der Waals surface area contributed by atoms with Crippen LogP contribution in [0.4, 0.5) is 0 Å². The molecule has 4 nitrogen and oxygen atoms in total. The van der Waals surface area contributed by atoms with Crippen LogP contribution in [0.3, 0.4) is 0 Å².